The van der Waals surface area contributed by atoms with Crippen LogP contribution < -0.4 is 4.74 Å². The molecule has 0 saturated carbocycles. The highest BCUT2D eigenvalue weighted by Crippen LogP contribution is 2.22. The van der Waals surface area contributed by atoms with Gasteiger partial charge in [0.2, 0.25) is 0 Å². The van der Waals surface area contributed by atoms with Gasteiger partial charge < -0.3 is 4.74 Å². The lowest BCUT2D eigenvalue weighted by atomic mass is 10.0. The molecule has 3 nitrogen and oxygen atoms in total. The third-order valence-corrected chi connectivity index (χ3v) is 4.06. The zero-order valence-corrected chi connectivity index (χ0v) is 16.4. The maximum Gasteiger partial charge on any atom is 0.343 e. The van der Waals surface area contributed by atoms with Gasteiger partial charge in [0.05, 0.1) is 17.2 Å². The van der Waals surface area contributed by atoms with E-state index < -0.39 is 5.97 Å². The van der Waals surface area contributed by atoms with Gasteiger partial charge in [-0.1, -0.05) is 36.4 Å². The highest BCUT2D eigenvalue weighted by atomic mass is 35.5. The second-order valence-corrected chi connectivity index (χ2v) is 5.70. The van der Waals surface area contributed by atoms with Gasteiger partial charge in [-0.25, -0.2) is 4.79 Å². The van der Waals surface area contributed by atoms with Gasteiger partial charge >= 0.3 is 5.97 Å². The van der Waals surface area contributed by atoms with E-state index in [4.69, 9.17) is 21.6 Å². The first-order chi connectivity index (χ1) is 13.2. The molecular weight excluding hydrogens is 378 g/mol. The van der Waals surface area contributed by atoms with Crippen molar-refractivity contribution in [2.75, 3.05) is 6.26 Å². The summed E-state index contributed by atoms with van der Waals surface area (Å²) in [6.45, 7) is 0. The van der Waals surface area contributed by atoms with Crippen LogP contribution in [0.25, 0.3) is 11.1 Å². The zero-order chi connectivity index (χ0) is 19.6. The van der Waals surface area contributed by atoms with Gasteiger partial charge in [0, 0.05) is 5.88 Å². The molecule has 0 bridgehead atoms. The van der Waals surface area contributed by atoms with Crippen molar-refractivity contribution in [1.82, 2.24) is 0 Å². The molecule has 5 heteroatoms. The predicted molar refractivity (Wildman–Crippen MR) is 112 cm³/mol. The maximum atomic E-state index is 12.2. The molecule has 0 aromatic heterocycles. The van der Waals surface area contributed by atoms with Crippen LogP contribution in [0.3, 0.4) is 0 Å². The fourth-order valence-corrected chi connectivity index (χ4v) is 2.53. The number of nitriles is 1. The molecule has 0 amide bonds. The predicted octanol–water partition coefficient (Wildman–Crippen LogP) is 5.73. The second kappa shape index (κ2) is 10.4. The average Bonchev–Trinajstić information content (AvgIpc) is 2.76. The third kappa shape index (κ3) is 5.62. The summed E-state index contributed by atoms with van der Waals surface area (Å²) in [5.74, 6) is 0.457. The molecule has 27 heavy (non-hydrogen) atoms. The van der Waals surface area contributed by atoms with Crippen LogP contribution in [0.1, 0.15) is 21.5 Å². The van der Waals surface area contributed by atoms with Crippen LogP contribution in [0.15, 0.2) is 72.8 Å². The number of rotatable bonds is 4. The maximum absolute atomic E-state index is 12.2. The average molecular weight is 396 g/mol. The number of hydrogen-bond donors (Lipinski definition) is 1. The summed E-state index contributed by atoms with van der Waals surface area (Å²) < 4.78 is 5.31. The Morgan fingerprint density at radius 2 is 1.44 bits per heavy atom. The molecule has 0 N–H and O–H groups in total. The summed E-state index contributed by atoms with van der Waals surface area (Å²) in [5, 5.41) is 8.77. The SMILES string of the molecule is CS.N#Cc1ccc(OC(=O)c2ccc(-c3ccc(CCl)cc3)cc2)cc1. The summed E-state index contributed by atoms with van der Waals surface area (Å²) in [4.78, 5) is 12.2. The molecule has 0 unspecified atom stereocenters. The van der Waals surface area contributed by atoms with E-state index in [1.54, 1.807) is 42.7 Å². The first-order valence-corrected chi connectivity index (χ1v) is 9.55. The van der Waals surface area contributed by atoms with Gasteiger partial charge in [-0.05, 0) is 59.3 Å². The van der Waals surface area contributed by atoms with Gasteiger partial charge in [0.1, 0.15) is 5.75 Å². The Labute approximate surface area is 169 Å². The number of alkyl halides is 1. The Morgan fingerprint density at radius 1 is 0.926 bits per heavy atom. The first-order valence-electron chi connectivity index (χ1n) is 8.12. The molecule has 0 aliphatic carbocycles. The normalized spacial score (nSPS) is 9.56. The smallest absolute Gasteiger partial charge is 0.343 e. The van der Waals surface area contributed by atoms with E-state index >= 15 is 0 Å². The van der Waals surface area contributed by atoms with Crippen LogP contribution >= 0.6 is 24.2 Å². The number of nitrogens with zero attached hydrogens (tertiary/aromatic N) is 1. The molecule has 0 heterocycles. The Kier molecular flexibility index (Phi) is 7.94. The van der Waals surface area contributed by atoms with Gasteiger partial charge in [-0.2, -0.15) is 17.9 Å². The largest absolute Gasteiger partial charge is 0.423 e. The number of esters is 1. The highest BCUT2D eigenvalue weighted by molar-refractivity contribution is 7.79. The third-order valence-electron chi connectivity index (χ3n) is 3.76. The number of halogens is 1. The number of ether oxygens (including phenoxy) is 1. The van der Waals surface area contributed by atoms with E-state index in [0.717, 1.165) is 16.7 Å². The lowest BCUT2D eigenvalue weighted by Gasteiger charge is -2.06. The van der Waals surface area contributed by atoms with Crippen LogP contribution in [-0.4, -0.2) is 12.2 Å². The van der Waals surface area contributed by atoms with E-state index in [1.807, 2.05) is 42.5 Å². The molecule has 3 aromatic carbocycles. The monoisotopic (exact) mass is 395 g/mol. The van der Waals surface area contributed by atoms with Gasteiger partial charge in [-0.15, -0.1) is 11.6 Å². The Morgan fingerprint density at radius 3 is 1.93 bits per heavy atom. The lowest BCUT2D eigenvalue weighted by Crippen LogP contribution is -2.08. The van der Waals surface area contributed by atoms with Crippen molar-refractivity contribution in [2.45, 2.75) is 5.88 Å². The number of benzene rings is 3. The molecule has 0 saturated heterocycles. The number of carbonyl (C=O) groups excluding carboxylic acids is 1. The molecule has 136 valence electrons. The van der Waals surface area contributed by atoms with E-state index in [-0.39, 0.29) is 0 Å². The van der Waals surface area contributed by atoms with E-state index in [0.29, 0.717) is 22.8 Å². The molecular formula is C22H18ClNO2S. The minimum absolute atomic E-state index is 0.407. The quantitative estimate of drug-likeness (QED) is 0.265. The van der Waals surface area contributed by atoms with Crippen molar-refractivity contribution in [1.29, 1.82) is 5.26 Å². The zero-order valence-electron chi connectivity index (χ0n) is 14.7. The molecule has 0 aliphatic heterocycles. The van der Waals surface area contributed by atoms with Crippen molar-refractivity contribution in [2.24, 2.45) is 0 Å². The molecule has 0 radical (unpaired) electrons. The lowest BCUT2D eigenvalue weighted by molar-refractivity contribution is 0.0735. The van der Waals surface area contributed by atoms with Crippen LogP contribution in [0.4, 0.5) is 0 Å². The van der Waals surface area contributed by atoms with Crippen LogP contribution in [0, 0.1) is 11.3 Å². The van der Waals surface area contributed by atoms with E-state index in [2.05, 4.69) is 12.6 Å². The number of thiol groups is 1. The molecule has 0 aliphatic rings. The molecule has 3 rings (SSSR count). The summed E-state index contributed by atoms with van der Waals surface area (Å²) in [6, 6.07) is 23.6. The van der Waals surface area contributed by atoms with E-state index in [1.165, 1.54) is 0 Å². The first kappa shape index (κ1) is 20.6. The standard InChI is InChI=1S/C21H14ClNO2.CH4S/c22-13-15-1-5-17(6-2-15)18-7-9-19(10-8-18)21(24)25-20-11-3-16(14-23)4-12-20;1-2/h1-12H,13H2;2H,1H3. The van der Waals surface area contributed by atoms with Crippen molar-refractivity contribution in [3.05, 3.63) is 89.5 Å². The number of carbonyl (C=O) groups is 1. The molecule has 0 atom stereocenters. The summed E-state index contributed by atoms with van der Waals surface area (Å²) in [7, 11) is 0. The number of hydrogen-bond acceptors (Lipinski definition) is 4. The Bertz CT molecular complexity index is 915. The molecule has 3 aromatic rings. The minimum Gasteiger partial charge on any atom is -0.423 e. The highest BCUT2D eigenvalue weighted by Gasteiger charge is 2.09. The molecule has 0 spiro atoms. The summed E-state index contributed by atoms with van der Waals surface area (Å²) in [6.07, 6.45) is 1.69. The Hall–Kier alpha value is -2.74. The van der Waals surface area contributed by atoms with Crippen molar-refractivity contribution < 1.29 is 9.53 Å². The second-order valence-electron chi connectivity index (χ2n) is 5.43. The van der Waals surface area contributed by atoms with Crippen molar-refractivity contribution in [3.63, 3.8) is 0 Å². The Balaban J connectivity index is 0.00000126. The van der Waals surface area contributed by atoms with Gasteiger partial charge in [0.25, 0.3) is 0 Å². The van der Waals surface area contributed by atoms with Crippen molar-refractivity contribution >= 4 is 30.2 Å². The van der Waals surface area contributed by atoms with Crippen LogP contribution in [0.5, 0.6) is 5.75 Å². The summed E-state index contributed by atoms with van der Waals surface area (Å²) >= 11 is 9.32. The van der Waals surface area contributed by atoms with Gasteiger partial charge in [0.15, 0.2) is 0 Å². The van der Waals surface area contributed by atoms with Crippen LogP contribution in [-0.2, 0) is 5.88 Å². The fraction of sp³-hybridized carbons (Fsp3) is 0.0909. The summed E-state index contributed by atoms with van der Waals surface area (Å²) in [5.41, 5.74) is 4.11. The fourth-order valence-electron chi connectivity index (χ4n) is 2.35. The molecule has 0 fully saturated rings. The van der Waals surface area contributed by atoms with Gasteiger partial charge in [-0.3, -0.25) is 0 Å². The van der Waals surface area contributed by atoms with E-state index in [9.17, 15) is 4.79 Å². The topological polar surface area (TPSA) is 50.1 Å². The van der Waals surface area contributed by atoms with Crippen molar-refractivity contribution in [3.8, 4) is 22.9 Å². The minimum atomic E-state index is -0.436. The van der Waals surface area contributed by atoms with Crippen LogP contribution in [0.2, 0.25) is 0 Å².